The lowest BCUT2D eigenvalue weighted by Crippen LogP contribution is -2.33. The van der Waals surface area contributed by atoms with E-state index in [9.17, 15) is 4.79 Å². The van der Waals surface area contributed by atoms with Gasteiger partial charge in [-0.05, 0) is 36.5 Å². The first kappa shape index (κ1) is 12.0. The SMILES string of the molecule is N[C@@H]1CCN(C(=O)C2CC2c2cccc(Cl)c2)C1. The maximum absolute atomic E-state index is 12.3. The lowest BCUT2D eigenvalue weighted by molar-refractivity contribution is -0.131. The summed E-state index contributed by atoms with van der Waals surface area (Å²) in [5, 5.41) is 0.744. The lowest BCUT2D eigenvalue weighted by Gasteiger charge is -2.15. The summed E-state index contributed by atoms with van der Waals surface area (Å²) in [6.07, 6.45) is 1.88. The van der Waals surface area contributed by atoms with Gasteiger partial charge >= 0.3 is 0 Å². The smallest absolute Gasteiger partial charge is 0.226 e. The van der Waals surface area contributed by atoms with Gasteiger partial charge in [0.05, 0.1) is 0 Å². The van der Waals surface area contributed by atoms with E-state index in [1.807, 2.05) is 23.1 Å². The number of amides is 1. The molecule has 18 heavy (non-hydrogen) atoms. The number of benzene rings is 1. The highest BCUT2D eigenvalue weighted by atomic mass is 35.5. The average Bonchev–Trinajstić information content (AvgIpc) is 3.04. The van der Waals surface area contributed by atoms with E-state index < -0.39 is 0 Å². The van der Waals surface area contributed by atoms with Crippen LogP contribution in [-0.2, 0) is 4.79 Å². The summed E-state index contributed by atoms with van der Waals surface area (Å²) in [5.41, 5.74) is 7.02. The molecule has 3 nitrogen and oxygen atoms in total. The maximum Gasteiger partial charge on any atom is 0.226 e. The van der Waals surface area contributed by atoms with Crippen LogP contribution in [-0.4, -0.2) is 29.9 Å². The van der Waals surface area contributed by atoms with E-state index in [-0.39, 0.29) is 17.9 Å². The van der Waals surface area contributed by atoms with Crippen LogP contribution in [0, 0.1) is 5.92 Å². The van der Waals surface area contributed by atoms with Crippen LogP contribution in [0.3, 0.4) is 0 Å². The fourth-order valence-corrected chi connectivity index (χ4v) is 2.99. The van der Waals surface area contributed by atoms with Crippen LogP contribution in [0.5, 0.6) is 0 Å². The number of nitrogens with zero attached hydrogens (tertiary/aromatic N) is 1. The van der Waals surface area contributed by atoms with Gasteiger partial charge in [0.2, 0.25) is 5.91 Å². The molecule has 0 radical (unpaired) electrons. The molecule has 1 saturated heterocycles. The van der Waals surface area contributed by atoms with Crippen molar-refractivity contribution in [3.63, 3.8) is 0 Å². The predicted molar refractivity (Wildman–Crippen MR) is 71.5 cm³/mol. The topological polar surface area (TPSA) is 46.3 Å². The maximum atomic E-state index is 12.3. The van der Waals surface area contributed by atoms with Crippen molar-refractivity contribution >= 4 is 17.5 Å². The van der Waals surface area contributed by atoms with Crippen LogP contribution in [0.2, 0.25) is 5.02 Å². The number of hydrogen-bond acceptors (Lipinski definition) is 2. The Hall–Kier alpha value is -1.06. The minimum atomic E-state index is 0.147. The molecule has 3 atom stereocenters. The molecule has 1 heterocycles. The number of hydrogen-bond donors (Lipinski definition) is 1. The highest BCUT2D eigenvalue weighted by molar-refractivity contribution is 6.30. The monoisotopic (exact) mass is 264 g/mol. The zero-order chi connectivity index (χ0) is 12.7. The molecule has 3 rings (SSSR count). The van der Waals surface area contributed by atoms with Crippen molar-refractivity contribution in [3.8, 4) is 0 Å². The normalized spacial score (nSPS) is 30.6. The first-order chi connectivity index (χ1) is 8.65. The van der Waals surface area contributed by atoms with Gasteiger partial charge in [-0.2, -0.15) is 0 Å². The van der Waals surface area contributed by atoms with Crippen molar-refractivity contribution in [2.24, 2.45) is 11.7 Å². The molecular formula is C14H17ClN2O. The molecule has 1 amide bonds. The van der Waals surface area contributed by atoms with Crippen LogP contribution in [0.4, 0.5) is 0 Å². The van der Waals surface area contributed by atoms with Gasteiger partial charge in [0, 0.05) is 30.1 Å². The van der Waals surface area contributed by atoms with E-state index in [2.05, 4.69) is 6.07 Å². The molecule has 1 aromatic rings. The van der Waals surface area contributed by atoms with Gasteiger partial charge in [0.1, 0.15) is 0 Å². The number of halogens is 1. The zero-order valence-electron chi connectivity index (χ0n) is 10.2. The second-order valence-electron chi connectivity index (χ2n) is 5.34. The second-order valence-corrected chi connectivity index (χ2v) is 5.77. The van der Waals surface area contributed by atoms with E-state index >= 15 is 0 Å². The summed E-state index contributed by atoms with van der Waals surface area (Å²) in [4.78, 5) is 14.2. The van der Waals surface area contributed by atoms with Crippen LogP contribution in [0.25, 0.3) is 0 Å². The third-order valence-electron chi connectivity index (χ3n) is 3.92. The Balaban J connectivity index is 1.65. The molecule has 2 unspecified atom stereocenters. The Morgan fingerprint density at radius 1 is 1.44 bits per heavy atom. The molecule has 2 aliphatic rings. The van der Waals surface area contributed by atoms with E-state index in [1.165, 1.54) is 5.56 Å². The predicted octanol–water partition coefficient (Wildman–Crippen LogP) is 2.00. The highest BCUT2D eigenvalue weighted by Crippen LogP contribution is 2.49. The van der Waals surface area contributed by atoms with Crippen LogP contribution >= 0.6 is 11.6 Å². The summed E-state index contributed by atoms with van der Waals surface area (Å²) in [7, 11) is 0. The van der Waals surface area contributed by atoms with Gasteiger partial charge in [-0.25, -0.2) is 0 Å². The molecule has 2 N–H and O–H groups in total. The molecule has 2 fully saturated rings. The van der Waals surface area contributed by atoms with Crippen molar-refractivity contribution in [2.75, 3.05) is 13.1 Å². The minimum absolute atomic E-state index is 0.147. The molecule has 1 saturated carbocycles. The van der Waals surface area contributed by atoms with E-state index in [4.69, 9.17) is 17.3 Å². The fraction of sp³-hybridized carbons (Fsp3) is 0.500. The first-order valence-corrected chi connectivity index (χ1v) is 6.83. The number of likely N-dealkylation sites (tertiary alicyclic amines) is 1. The van der Waals surface area contributed by atoms with E-state index in [0.717, 1.165) is 31.0 Å². The quantitative estimate of drug-likeness (QED) is 0.888. The van der Waals surface area contributed by atoms with Gasteiger partial charge < -0.3 is 10.6 Å². The Kier molecular flexibility index (Phi) is 3.04. The van der Waals surface area contributed by atoms with E-state index in [0.29, 0.717) is 5.92 Å². The van der Waals surface area contributed by atoms with Crippen molar-refractivity contribution in [1.29, 1.82) is 0 Å². The molecule has 1 aromatic carbocycles. The standard InChI is InChI=1S/C14H17ClN2O/c15-10-3-1-2-9(6-10)12-7-13(12)14(18)17-5-4-11(16)8-17/h1-3,6,11-13H,4-5,7-8,16H2/t11-,12?,13?/m1/s1. The van der Waals surface area contributed by atoms with Crippen LogP contribution < -0.4 is 5.73 Å². The molecule has 4 heteroatoms. The number of rotatable bonds is 2. The molecule has 96 valence electrons. The highest BCUT2D eigenvalue weighted by Gasteiger charge is 2.46. The van der Waals surface area contributed by atoms with Gasteiger partial charge in [0.15, 0.2) is 0 Å². The van der Waals surface area contributed by atoms with Crippen LogP contribution in [0.15, 0.2) is 24.3 Å². The third kappa shape index (κ3) is 2.25. The Labute approximate surface area is 112 Å². The van der Waals surface area contributed by atoms with E-state index in [1.54, 1.807) is 0 Å². The largest absolute Gasteiger partial charge is 0.341 e. The summed E-state index contributed by atoms with van der Waals surface area (Å²) in [6.45, 7) is 1.54. The Morgan fingerprint density at radius 3 is 2.94 bits per heavy atom. The third-order valence-corrected chi connectivity index (χ3v) is 4.16. The number of carbonyl (C=O) groups excluding carboxylic acids is 1. The Morgan fingerprint density at radius 2 is 2.28 bits per heavy atom. The number of nitrogens with two attached hydrogens (primary N) is 1. The second kappa shape index (κ2) is 4.56. The molecule has 1 aliphatic heterocycles. The fourth-order valence-electron chi connectivity index (χ4n) is 2.80. The average molecular weight is 265 g/mol. The minimum Gasteiger partial charge on any atom is -0.341 e. The molecular weight excluding hydrogens is 248 g/mol. The molecule has 1 aliphatic carbocycles. The lowest BCUT2D eigenvalue weighted by atomic mass is 10.1. The summed E-state index contributed by atoms with van der Waals surface area (Å²) >= 11 is 5.98. The van der Waals surface area contributed by atoms with Gasteiger partial charge in [-0.1, -0.05) is 23.7 Å². The summed E-state index contributed by atoms with van der Waals surface area (Å²) in [6, 6.07) is 8.00. The summed E-state index contributed by atoms with van der Waals surface area (Å²) < 4.78 is 0. The van der Waals surface area contributed by atoms with Gasteiger partial charge in [0.25, 0.3) is 0 Å². The molecule has 0 spiro atoms. The first-order valence-electron chi connectivity index (χ1n) is 6.45. The molecule has 0 bridgehead atoms. The van der Waals surface area contributed by atoms with Crippen molar-refractivity contribution in [2.45, 2.75) is 24.8 Å². The molecule has 0 aromatic heterocycles. The van der Waals surface area contributed by atoms with Gasteiger partial charge in [-0.3, -0.25) is 4.79 Å². The van der Waals surface area contributed by atoms with Crippen molar-refractivity contribution < 1.29 is 4.79 Å². The number of carbonyl (C=O) groups is 1. The summed E-state index contributed by atoms with van der Waals surface area (Å²) in [5.74, 6) is 0.773. The van der Waals surface area contributed by atoms with Gasteiger partial charge in [-0.15, -0.1) is 0 Å². The van der Waals surface area contributed by atoms with Crippen molar-refractivity contribution in [3.05, 3.63) is 34.9 Å². The van der Waals surface area contributed by atoms with Crippen LogP contribution in [0.1, 0.15) is 24.3 Å². The van der Waals surface area contributed by atoms with Crippen molar-refractivity contribution in [1.82, 2.24) is 4.90 Å². The zero-order valence-corrected chi connectivity index (χ0v) is 10.9. The Bertz CT molecular complexity index is 477.